The van der Waals surface area contributed by atoms with Crippen LogP contribution in [-0.4, -0.2) is 47.4 Å². The highest BCUT2D eigenvalue weighted by Gasteiger charge is 2.46. The minimum atomic E-state index is -4.78. The van der Waals surface area contributed by atoms with Crippen molar-refractivity contribution in [2.45, 2.75) is 55.8 Å². The van der Waals surface area contributed by atoms with Gasteiger partial charge >= 0.3 is 18.2 Å². The fraction of sp³-hybridized carbons (Fsp3) is 0.400. The molecule has 0 spiro atoms. The van der Waals surface area contributed by atoms with Gasteiger partial charge in [0.2, 0.25) is 5.91 Å². The normalized spacial score (nSPS) is 17.2. The zero-order chi connectivity index (χ0) is 25.2. The number of halogens is 3. The van der Waals surface area contributed by atoms with Gasteiger partial charge < -0.3 is 20.5 Å². The number of carboxylic acids is 1. The number of alkyl carbamates (subject to hydrolysis) is 1. The zero-order valence-electron chi connectivity index (χ0n) is 18.7. The van der Waals surface area contributed by atoms with Crippen molar-refractivity contribution in [2.75, 3.05) is 6.61 Å². The van der Waals surface area contributed by atoms with Crippen LogP contribution in [0.25, 0.3) is 11.1 Å². The largest absolute Gasteiger partial charge is 0.480 e. The third-order valence-electron chi connectivity index (χ3n) is 6.62. The summed E-state index contributed by atoms with van der Waals surface area (Å²) in [6.45, 7) is 0.00336. The van der Waals surface area contributed by atoms with E-state index in [-0.39, 0.29) is 25.4 Å². The molecule has 1 fully saturated rings. The summed E-state index contributed by atoms with van der Waals surface area (Å²) in [6, 6.07) is 13.4. The fourth-order valence-corrected chi connectivity index (χ4v) is 4.95. The summed E-state index contributed by atoms with van der Waals surface area (Å²) >= 11 is 0. The Hall–Kier alpha value is -3.56. The monoisotopic (exact) mass is 490 g/mol. The topological polar surface area (TPSA) is 105 Å². The summed E-state index contributed by atoms with van der Waals surface area (Å²) in [7, 11) is 0. The predicted octanol–water partition coefficient (Wildman–Crippen LogP) is 4.36. The van der Waals surface area contributed by atoms with Crippen LogP contribution < -0.4 is 10.6 Å². The second kappa shape index (κ2) is 9.59. The molecule has 2 amide bonds. The van der Waals surface area contributed by atoms with Crippen LogP contribution in [0.5, 0.6) is 0 Å². The van der Waals surface area contributed by atoms with E-state index in [4.69, 9.17) is 9.84 Å². The van der Waals surface area contributed by atoms with Crippen LogP contribution in [0.15, 0.2) is 48.5 Å². The van der Waals surface area contributed by atoms with Crippen molar-refractivity contribution in [2.24, 2.45) is 0 Å². The first-order chi connectivity index (χ1) is 16.6. The Morgan fingerprint density at radius 2 is 1.54 bits per heavy atom. The molecular formula is C25H25F3N2O5. The van der Waals surface area contributed by atoms with Crippen molar-refractivity contribution in [1.29, 1.82) is 0 Å². The van der Waals surface area contributed by atoms with Crippen molar-refractivity contribution >= 4 is 18.0 Å². The van der Waals surface area contributed by atoms with Crippen molar-refractivity contribution in [1.82, 2.24) is 10.6 Å². The lowest BCUT2D eigenvalue weighted by molar-refractivity contribution is -0.160. The van der Waals surface area contributed by atoms with Gasteiger partial charge in [-0.2, -0.15) is 13.2 Å². The minimum Gasteiger partial charge on any atom is -0.480 e. The number of carbonyl (C=O) groups is 3. The van der Waals surface area contributed by atoms with Gasteiger partial charge in [-0.25, -0.2) is 9.59 Å². The average Bonchev–Trinajstić information content (AvgIpc) is 3.40. The third-order valence-corrected chi connectivity index (χ3v) is 6.62. The number of nitrogens with one attached hydrogen (secondary N) is 2. The van der Waals surface area contributed by atoms with Crippen LogP contribution >= 0.6 is 0 Å². The first kappa shape index (κ1) is 24.6. The molecule has 10 heteroatoms. The van der Waals surface area contributed by atoms with E-state index in [1.54, 1.807) is 0 Å². The summed E-state index contributed by atoms with van der Waals surface area (Å²) in [4.78, 5) is 36.9. The van der Waals surface area contributed by atoms with Gasteiger partial charge in [-0.3, -0.25) is 4.79 Å². The molecule has 2 aliphatic rings. The molecule has 3 N–H and O–H groups in total. The van der Waals surface area contributed by atoms with Gasteiger partial charge in [0.1, 0.15) is 18.2 Å². The van der Waals surface area contributed by atoms with Gasteiger partial charge in [0.15, 0.2) is 0 Å². The molecule has 0 saturated heterocycles. The van der Waals surface area contributed by atoms with Crippen LogP contribution in [0.1, 0.15) is 49.1 Å². The second-order valence-electron chi connectivity index (χ2n) is 8.92. The number of hydrogen-bond donors (Lipinski definition) is 3. The van der Waals surface area contributed by atoms with Crippen molar-refractivity contribution in [3.8, 4) is 11.1 Å². The summed E-state index contributed by atoms with van der Waals surface area (Å²) < 4.78 is 43.7. The highest BCUT2D eigenvalue weighted by atomic mass is 19.4. The lowest BCUT2D eigenvalue weighted by atomic mass is 9.95. The maximum Gasteiger partial charge on any atom is 0.408 e. The summed E-state index contributed by atoms with van der Waals surface area (Å²) in [5.41, 5.74) is 2.58. The zero-order valence-corrected chi connectivity index (χ0v) is 18.7. The van der Waals surface area contributed by atoms with Gasteiger partial charge in [0, 0.05) is 5.92 Å². The van der Waals surface area contributed by atoms with Gasteiger partial charge in [0.05, 0.1) is 6.42 Å². The number of ether oxygens (including phenoxy) is 1. The molecular weight excluding hydrogens is 465 g/mol. The van der Waals surface area contributed by atoms with E-state index in [0.29, 0.717) is 12.8 Å². The lowest BCUT2D eigenvalue weighted by Crippen LogP contribution is -2.60. The third kappa shape index (κ3) is 5.26. The predicted molar refractivity (Wildman–Crippen MR) is 120 cm³/mol. The Labute approximate surface area is 199 Å². The van der Waals surface area contributed by atoms with Crippen molar-refractivity contribution in [3.05, 3.63) is 59.7 Å². The molecule has 2 aliphatic carbocycles. The van der Waals surface area contributed by atoms with Crippen LogP contribution in [0.2, 0.25) is 0 Å². The number of hydrogen-bond acceptors (Lipinski definition) is 4. The van der Waals surface area contributed by atoms with E-state index in [1.165, 1.54) is 0 Å². The highest BCUT2D eigenvalue weighted by Crippen LogP contribution is 2.44. The molecule has 186 valence electrons. The molecule has 4 rings (SSSR count). The molecule has 35 heavy (non-hydrogen) atoms. The van der Waals surface area contributed by atoms with Crippen LogP contribution in [0, 0.1) is 0 Å². The Balaban J connectivity index is 1.44. The molecule has 0 radical (unpaired) electrons. The molecule has 0 aliphatic heterocycles. The molecule has 1 atom stereocenters. The molecule has 2 aromatic carbocycles. The number of amides is 2. The average molecular weight is 490 g/mol. The lowest BCUT2D eigenvalue weighted by Gasteiger charge is -2.30. The molecule has 1 saturated carbocycles. The van der Waals surface area contributed by atoms with E-state index in [9.17, 15) is 27.6 Å². The SMILES string of the molecule is O=C(NC1(C(=O)NC(CC(F)(F)F)C(=O)O)CCCC1)OCC1c2ccccc2-c2ccccc21. The molecule has 1 unspecified atom stereocenters. The maximum atomic E-state index is 12.9. The molecule has 0 heterocycles. The molecule has 0 bridgehead atoms. The maximum absolute atomic E-state index is 12.9. The van der Waals surface area contributed by atoms with Crippen LogP contribution in [-0.2, 0) is 14.3 Å². The summed E-state index contributed by atoms with van der Waals surface area (Å²) in [5, 5.41) is 13.6. The Morgan fingerprint density at radius 3 is 2.06 bits per heavy atom. The van der Waals surface area contributed by atoms with Crippen molar-refractivity contribution in [3.63, 3.8) is 0 Å². The molecule has 0 aromatic heterocycles. The minimum absolute atomic E-state index is 0.00336. The molecule has 2 aromatic rings. The second-order valence-corrected chi connectivity index (χ2v) is 8.92. The standard InChI is InChI=1S/C25H25F3N2O5/c26-25(27,28)13-20(21(31)32)29-22(33)24(11-5-6-12-24)30-23(34)35-14-19-17-9-3-1-7-15(17)16-8-2-4-10-18(16)19/h1-4,7-10,19-20H,5-6,11-14H2,(H,29,33)(H,30,34)(H,31,32). The Kier molecular flexibility index (Phi) is 6.73. The van der Waals surface area contributed by atoms with Gasteiger partial charge in [-0.15, -0.1) is 0 Å². The molecule has 7 nitrogen and oxygen atoms in total. The van der Waals surface area contributed by atoms with E-state index >= 15 is 0 Å². The number of benzene rings is 2. The van der Waals surface area contributed by atoms with Crippen LogP contribution in [0.3, 0.4) is 0 Å². The van der Waals surface area contributed by atoms with E-state index in [1.807, 2.05) is 53.8 Å². The van der Waals surface area contributed by atoms with Gasteiger partial charge in [0.25, 0.3) is 0 Å². The summed E-state index contributed by atoms with van der Waals surface area (Å²) in [6.07, 6.45) is -5.94. The Bertz CT molecular complexity index is 1080. The smallest absolute Gasteiger partial charge is 0.408 e. The van der Waals surface area contributed by atoms with Gasteiger partial charge in [-0.1, -0.05) is 61.4 Å². The number of aliphatic carboxylic acids is 1. The van der Waals surface area contributed by atoms with Crippen LogP contribution in [0.4, 0.5) is 18.0 Å². The highest BCUT2D eigenvalue weighted by molar-refractivity contribution is 5.93. The quantitative estimate of drug-likeness (QED) is 0.535. The summed E-state index contributed by atoms with van der Waals surface area (Å²) in [5.74, 6) is -2.96. The first-order valence-corrected chi connectivity index (χ1v) is 11.3. The number of carboxylic acid groups (broad SMARTS) is 1. The number of alkyl halides is 3. The van der Waals surface area contributed by atoms with E-state index in [0.717, 1.165) is 22.3 Å². The number of rotatable bonds is 7. The number of carbonyl (C=O) groups excluding carboxylic acids is 2. The first-order valence-electron chi connectivity index (χ1n) is 11.3. The van der Waals surface area contributed by atoms with E-state index in [2.05, 4.69) is 5.32 Å². The number of fused-ring (bicyclic) bond motifs is 3. The van der Waals surface area contributed by atoms with Crippen molar-refractivity contribution < 1.29 is 37.4 Å². The van der Waals surface area contributed by atoms with E-state index < -0.39 is 42.1 Å². The fourth-order valence-electron chi connectivity index (χ4n) is 4.95. The Morgan fingerprint density at radius 1 is 1.00 bits per heavy atom. The van der Waals surface area contributed by atoms with Gasteiger partial charge in [-0.05, 0) is 35.1 Å².